The van der Waals surface area contributed by atoms with Crippen molar-refractivity contribution < 1.29 is 17.7 Å². The molecule has 1 atom stereocenters. The number of nitrogens with zero attached hydrogens (tertiary/aromatic N) is 1. The third-order valence-corrected chi connectivity index (χ3v) is 4.55. The first-order valence-electron chi connectivity index (χ1n) is 5.87. The summed E-state index contributed by atoms with van der Waals surface area (Å²) in [5.41, 5.74) is 1.34. The summed E-state index contributed by atoms with van der Waals surface area (Å²) >= 11 is 0. The number of carbonyl (C=O) groups excluding carboxylic acids is 1. The molecule has 7 heteroatoms. The van der Waals surface area contributed by atoms with E-state index in [0.717, 1.165) is 4.31 Å². The van der Waals surface area contributed by atoms with Crippen LogP contribution >= 0.6 is 9.41 Å². The predicted molar refractivity (Wildman–Crippen MR) is 75.5 cm³/mol. The smallest absolute Gasteiger partial charge is 0.242 e. The van der Waals surface area contributed by atoms with Gasteiger partial charge < -0.3 is 4.52 Å². The zero-order valence-corrected chi connectivity index (χ0v) is 12.0. The Morgan fingerprint density at radius 1 is 1.58 bits per heavy atom. The molecule has 1 aliphatic rings. The summed E-state index contributed by atoms with van der Waals surface area (Å²) in [6.45, 7) is 0.154. The first-order chi connectivity index (χ1) is 9.45. The van der Waals surface area contributed by atoms with Gasteiger partial charge in [0.05, 0.1) is 6.97 Å². The maximum absolute atomic E-state index is 11.9. The molecule has 0 radical (unpaired) electrons. The van der Waals surface area contributed by atoms with Crippen molar-refractivity contribution in [1.82, 2.24) is 0 Å². The van der Waals surface area contributed by atoms with Crippen LogP contribution < -0.4 is 4.31 Å². The van der Waals surface area contributed by atoms with Crippen LogP contribution in [0.25, 0.3) is 0 Å². The molecule has 1 aromatic rings. The summed E-state index contributed by atoms with van der Waals surface area (Å²) in [7, 11) is -2.49. The van der Waals surface area contributed by atoms with Gasteiger partial charge in [0.2, 0.25) is 10.0 Å². The molecular weight excluding hydrogens is 285 g/mol. The van der Waals surface area contributed by atoms with Crippen LogP contribution in [-0.4, -0.2) is 34.9 Å². The van der Waals surface area contributed by atoms with Crippen molar-refractivity contribution in [2.45, 2.75) is 0 Å². The zero-order valence-electron chi connectivity index (χ0n) is 11.1. The van der Waals surface area contributed by atoms with Crippen LogP contribution in [0.1, 0.15) is 15.9 Å². The highest BCUT2D eigenvalue weighted by Gasteiger charge is 2.32. The van der Waals surface area contributed by atoms with E-state index in [-0.39, 0.29) is 16.0 Å². The van der Waals surface area contributed by atoms with Crippen molar-refractivity contribution >= 4 is 30.9 Å². The van der Waals surface area contributed by atoms with Gasteiger partial charge in [-0.05, 0) is 18.2 Å². The number of anilines is 1. The highest BCUT2D eigenvalue weighted by molar-refractivity contribution is 7.93. The largest absolute Gasteiger partial charge is 0.353 e. The minimum atomic E-state index is -3.55. The molecule has 5 nitrogen and oxygen atoms in total. The predicted octanol–water partition coefficient (Wildman–Crippen LogP) is 0.807. The molecule has 1 aliphatic heterocycles. The van der Waals surface area contributed by atoms with Crippen molar-refractivity contribution in [1.29, 1.82) is 1.28 Å². The van der Waals surface area contributed by atoms with Gasteiger partial charge in [0.25, 0.3) is 0 Å². The fourth-order valence-electron chi connectivity index (χ4n) is 1.78. The molecule has 2 rings (SSSR count). The van der Waals surface area contributed by atoms with Crippen molar-refractivity contribution in [2.75, 3.05) is 23.7 Å². The molecule has 0 bridgehead atoms. The van der Waals surface area contributed by atoms with E-state index in [9.17, 15) is 13.2 Å². The number of benzene rings is 1. The van der Waals surface area contributed by atoms with Gasteiger partial charge in [0.1, 0.15) is 12.4 Å². The van der Waals surface area contributed by atoms with Crippen LogP contribution in [0.4, 0.5) is 5.69 Å². The van der Waals surface area contributed by atoms with Crippen LogP contribution in [0.3, 0.4) is 0 Å². The molecular formula is C12H12NO4PS. The van der Waals surface area contributed by atoms with Gasteiger partial charge in [-0.25, -0.2) is 8.42 Å². The molecule has 0 aromatic heterocycles. The second kappa shape index (κ2) is 5.30. The summed E-state index contributed by atoms with van der Waals surface area (Å²) in [5.74, 6) is 4.59. The molecule has 0 fully saturated rings. The normalized spacial score (nSPS) is 17.8. The number of fused-ring (bicyclic) bond motifs is 1. The number of hydrogen-bond acceptors (Lipinski definition) is 4. The Labute approximate surface area is 115 Å². The standard InChI is InChI=1S/C12H12NO4PS/c1-13-11-5-4-9(3-2-6-17-18)7-10(11)12(14)8-19(13,15)16/h4-5,7H,6,8,18H2,1H3/i18T. The fraction of sp³-hybridized carbons (Fsp3) is 0.250. The summed E-state index contributed by atoms with van der Waals surface area (Å²) in [6, 6.07) is 4.80. The average molecular weight is 299 g/mol. The van der Waals surface area contributed by atoms with E-state index >= 15 is 0 Å². The number of hydrogen-bond donors (Lipinski definition) is 0. The molecule has 0 aliphatic carbocycles. The van der Waals surface area contributed by atoms with Gasteiger partial charge >= 0.3 is 0 Å². The molecule has 1 heterocycles. The van der Waals surface area contributed by atoms with E-state index < -0.39 is 21.6 Å². The van der Waals surface area contributed by atoms with Gasteiger partial charge in [0.15, 0.2) is 5.78 Å². The Hall–Kier alpha value is -1.41. The second-order valence-electron chi connectivity index (χ2n) is 3.97. The monoisotopic (exact) mass is 299 g/mol. The Bertz CT molecular complexity index is 708. The lowest BCUT2D eigenvalue weighted by Gasteiger charge is -2.26. The first-order valence-corrected chi connectivity index (χ1v) is 7.38. The van der Waals surface area contributed by atoms with Crippen LogP contribution in [0.2, 0.25) is 0 Å². The maximum Gasteiger partial charge on any atom is 0.242 e. The van der Waals surface area contributed by atoms with Gasteiger partial charge in [-0.2, -0.15) is 0 Å². The fourth-order valence-corrected chi connectivity index (χ4v) is 2.99. The third-order valence-electron chi connectivity index (χ3n) is 2.74. The van der Waals surface area contributed by atoms with E-state index in [4.69, 9.17) is 5.80 Å². The maximum atomic E-state index is 11.9. The quantitative estimate of drug-likeness (QED) is 0.460. The molecule has 0 spiro atoms. The minimum Gasteiger partial charge on any atom is -0.353 e. The van der Waals surface area contributed by atoms with Crippen molar-refractivity contribution in [3.63, 3.8) is 0 Å². The summed E-state index contributed by atoms with van der Waals surface area (Å²) < 4.78 is 36.2. The molecule has 1 unspecified atom stereocenters. The average Bonchev–Trinajstić information content (AvgIpc) is 2.41. The molecule has 0 saturated carbocycles. The summed E-state index contributed by atoms with van der Waals surface area (Å²) in [4.78, 5) is 11.9. The molecule has 1 aromatic carbocycles. The van der Waals surface area contributed by atoms with Crippen molar-refractivity contribution in [2.24, 2.45) is 0 Å². The van der Waals surface area contributed by atoms with E-state index in [1.165, 1.54) is 7.05 Å². The van der Waals surface area contributed by atoms with Gasteiger partial charge in [0, 0.05) is 27.6 Å². The number of ketones is 1. The Kier molecular flexibility index (Phi) is 3.52. The summed E-state index contributed by atoms with van der Waals surface area (Å²) in [5, 5.41) is 0. The SMILES string of the molecule is [3H]POCC#Cc1ccc2c(c1)C(=O)CS(=O)(=O)N2C. The topological polar surface area (TPSA) is 63.7 Å². The molecule has 19 heavy (non-hydrogen) atoms. The number of sulfonamides is 1. The van der Waals surface area contributed by atoms with E-state index in [1.807, 2.05) is 0 Å². The van der Waals surface area contributed by atoms with Crippen molar-refractivity contribution in [3.05, 3.63) is 29.3 Å². The van der Waals surface area contributed by atoms with Crippen LogP contribution in [0.15, 0.2) is 18.2 Å². The highest BCUT2D eigenvalue weighted by atomic mass is 32.2. The van der Waals surface area contributed by atoms with Crippen molar-refractivity contribution in [3.8, 4) is 11.8 Å². The Morgan fingerprint density at radius 3 is 3.11 bits per heavy atom. The minimum absolute atomic E-state index is 0.154. The lowest BCUT2D eigenvalue weighted by Crippen LogP contribution is -2.37. The van der Waals surface area contributed by atoms with E-state index in [0.29, 0.717) is 16.8 Å². The lowest BCUT2D eigenvalue weighted by molar-refractivity contribution is 0.102. The van der Waals surface area contributed by atoms with Crippen LogP contribution in [-0.2, 0) is 14.5 Å². The van der Waals surface area contributed by atoms with Gasteiger partial charge in [-0.3, -0.25) is 9.10 Å². The van der Waals surface area contributed by atoms with E-state index in [1.54, 1.807) is 18.2 Å². The Balaban J connectivity index is 2.34. The molecule has 0 amide bonds. The third kappa shape index (κ3) is 2.79. The molecule has 0 saturated heterocycles. The summed E-state index contributed by atoms with van der Waals surface area (Å²) in [6.07, 6.45) is 0. The number of Topliss-reactive ketones (excluding diaryl/α,β-unsaturated/α-hetero) is 1. The molecule has 100 valence electrons. The van der Waals surface area contributed by atoms with Crippen LogP contribution in [0, 0.1) is 11.8 Å². The lowest BCUT2D eigenvalue weighted by atomic mass is 10.1. The van der Waals surface area contributed by atoms with Gasteiger partial charge in [-0.1, -0.05) is 11.8 Å². The van der Waals surface area contributed by atoms with Gasteiger partial charge in [-0.15, -0.1) is 0 Å². The zero-order chi connectivity index (χ0) is 14.8. The second-order valence-corrected chi connectivity index (χ2v) is 6.26. The number of rotatable bonds is 2. The first kappa shape index (κ1) is 12.6. The van der Waals surface area contributed by atoms with Crippen LogP contribution in [0.5, 0.6) is 0 Å². The Morgan fingerprint density at radius 2 is 2.37 bits per heavy atom. The highest BCUT2D eigenvalue weighted by Crippen LogP contribution is 2.28. The van der Waals surface area contributed by atoms with E-state index in [2.05, 4.69) is 11.8 Å². The molecule has 0 N–H and O–H groups in total. The number of carbonyl (C=O) groups is 1.